The van der Waals surface area contributed by atoms with E-state index >= 15 is 0 Å². The topological polar surface area (TPSA) is 163 Å². The summed E-state index contributed by atoms with van der Waals surface area (Å²) in [7, 11) is -11.7. The van der Waals surface area contributed by atoms with Crippen molar-refractivity contribution in [1.82, 2.24) is 4.98 Å². The molecule has 16 heavy (non-hydrogen) atoms. The van der Waals surface area contributed by atoms with E-state index in [2.05, 4.69) is 4.98 Å². The molecular weight excluding hydrogens is 262 g/mol. The minimum absolute atomic E-state index is 0.892. The molecule has 1 aromatic heterocycles. The van der Waals surface area contributed by atoms with Crippen molar-refractivity contribution in [2.24, 2.45) is 0 Å². The molecule has 1 unspecified atom stereocenters. The molecule has 3 N–H and O–H groups in total. The number of H-pyrrole nitrogens is 1. The van der Waals surface area contributed by atoms with Crippen molar-refractivity contribution in [2.45, 2.75) is 11.6 Å². The Labute approximate surface area is 89.7 Å². The van der Waals surface area contributed by atoms with Crippen LogP contribution in [-0.2, 0) is 15.7 Å². The zero-order chi connectivity index (χ0) is 12.6. The third-order valence-electron chi connectivity index (χ3n) is 1.89. The van der Waals surface area contributed by atoms with Crippen molar-refractivity contribution < 1.29 is 38.4 Å². The Morgan fingerprint density at radius 1 is 1.38 bits per heavy atom. The maximum Gasteiger partial charge on any atom is 0.241 e. The van der Waals surface area contributed by atoms with E-state index in [0.717, 1.165) is 10.9 Å². The van der Waals surface area contributed by atoms with E-state index in [9.17, 15) is 28.9 Å². The maximum atomic E-state index is 10.8. The fraction of sp³-hybridized carbons (Fsp3) is 0.400. The van der Waals surface area contributed by atoms with Gasteiger partial charge in [-0.2, -0.15) is 0 Å². The third kappa shape index (κ3) is 2.41. The quantitative estimate of drug-likeness (QED) is 0.375. The van der Waals surface area contributed by atoms with E-state index in [1.807, 2.05) is 0 Å². The van der Waals surface area contributed by atoms with Gasteiger partial charge in [0.05, 0.1) is 0 Å². The van der Waals surface area contributed by atoms with Crippen LogP contribution in [0.15, 0.2) is 18.7 Å². The van der Waals surface area contributed by atoms with Gasteiger partial charge in [-0.05, 0) is 7.60 Å². The molecule has 0 fully saturated rings. The summed E-state index contributed by atoms with van der Waals surface area (Å²) >= 11 is 0. The largest absolute Gasteiger partial charge is 0.808 e. The second kappa shape index (κ2) is 4.05. The molecule has 92 valence electrons. The molecule has 1 rings (SSSR count). The third-order valence-corrected chi connectivity index (χ3v) is 5.45. The first-order valence-corrected chi connectivity index (χ1v) is 7.00. The van der Waals surface area contributed by atoms with Crippen molar-refractivity contribution >= 4 is 15.2 Å². The van der Waals surface area contributed by atoms with Gasteiger partial charge < -0.3 is 33.8 Å². The van der Waals surface area contributed by atoms with Crippen molar-refractivity contribution in [1.29, 1.82) is 0 Å². The zero-order valence-electron chi connectivity index (χ0n) is 7.72. The van der Waals surface area contributed by atoms with Gasteiger partial charge in [0.2, 0.25) is 6.33 Å². The molecule has 0 aromatic carbocycles. The van der Waals surface area contributed by atoms with Crippen LogP contribution in [0.4, 0.5) is 0 Å². The molecule has 0 aliphatic heterocycles. The molecule has 0 aliphatic carbocycles. The van der Waals surface area contributed by atoms with Gasteiger partial charge in [0.25, 0.3) is 0 Å². The number of nitrogens with zero attached hydrogens (tertiary/aromatic N) is 1. The Kier molecular flexibility index (Phi) is 3.42. The Balaban J connectivity index is 3.18. The second-order valence-electron chi connectivity index (χ2n) is 3.08. The monoisotopic (exact) mass is 270 g/mol. The van der Waals surface area contributed by atoms with E-state index in [1.54, 1.807) is 0 Å². The lowest BCUT2D eigenvalue weighted by molar-refractivity contribution is -0.703. The van der Waals surface area contributed by atoms with Gasteiger partial charge in [0.1, 0.15) is 18.9 Å². The molecule has 2 atom stereocenters. The second-order valence-corrected chi connectivity index (χ2v) is 6.94. The Bertz CT molecular complexity index is 423. The van der Waals surface area contributed by atoms with E-state index < -0.39 is 26.8 Å². The first kappa shape index (κ1) is 13.5. The van der Waals surface area contributed by atoms with Crippen molar-refractivity contribution in [3.8, 4) is 0 Å². The molecule has 1 heterocycles. The van der Waals surface area contributed by atoms with E-state index in [-0.39, 0.29) is 0 Å². The summed E-state index contributed by atoms with van der Waals surface area (Å²) in [4.78, 5) is 43.2. The Morgan fingerprint density at radius 2 is 1.94 bits per heavy atom. The summed E-state index contributed by atoms with van der Waals surface area (Å²) in [5, 5.41) is 5.55. The molecule has 0 aliphatic rings. The van der Waals surface area contributed by atoms with Gasteiger partial charge in [-0.15, -0.1) is 0 Å². The molecule has 1 aromatic rings. The van der Waals surface area contributed by atoms with Gasteiger partial charge in [-0.25, -0.2) is 4.57 Å². The number of aromatic amines is 1. The van der Waals surface area contributed by atoms with Gasteiger partial charge in [0.15, 0.2) is 12.7 Å². The van der Waals surface area contributed by atoms with E-state index in [0.29, 0.717) is 0 Å². The standard InChI is InChI=1S/C5H10N2O7P2/c8-5(15(9,10)11,16(12,13)14)3-7-2-1-6-4-7/h1-2,4,8H,3H2,(H4,9,10,11,12,13,14)/p-2. The number of hydrogen-bond acceptors (Lipinski definition) is 6. The van der Waals surface area contributed by atoms with Crippen LogP contribution in [0.2, 0.25) is 0 Å². The van der Waals surface area contributed by atoms with Crippen LogP contribution in [-0.4, -0.2) is 20.1 Å². The lowest BCUT2D eigenvalue weighted by atomic mass is 10.6. The summed E-state index contributed by atoms with van der Waals surface area (Å²) in [6.07, 6.45) is 3.58. The maximum absolute atomic E-state index is 10.8. The smallest absolute Gasteiger partial charge is 0.241 e. The number of rotatable bonds is 4. The van der Waals surface area contributed by atoms with Gasteiger partial charge >= 0.3 is 0 Å². The highest BCUT2D eigenvalue weighted by molar-refractivity contribution is 7.69. The predicted octanol–water partition coefficient (Wildman–Crippen LogP) is -3.59. The number of imidazole rings is 1. The van der Waals surface area contributed by atoms with Crippen molar-refractivity contribution in [2.75, 3.05) is 0 Å². The minimum Gasteiger partial charge on any atom is -0.808 e. The van der Waals surface area contributed by atoms with Crippen molar-refractivity contribution in [3.63, 3.8) is 0 Å². The number of aliphatic hydroxyl groups is 1. The van der Waals surface area contributed by atoms with E-state index in [1.165, 1.54) is 12.4 Å². The molecule has 0 amide bonds. The molecular formula is C5H8N2O7P2-2. The predicted molar refractivity (Wildman–Crippen MR) is 43.4 cm³/mol. The highest BCUT2D eigenvalue weighted by Crippen LogP contribution is 2.61. The molecule has 11 heteroatoms. The lowest BCUT2D eigenvalue weighted by Gasteiger charge is -2.48. The van der Waals surface area contributed by atoms with Crippen LogP contribution in [0.25, 0.3) is 0 Å². The summed E-state index contributed by atoms with van der Waals surface area (Å²) in [5.74, 6) is 0. The fourth-order valence-electron chi connectivity index (χ4n) is 0.995. The van der Waals surface area contributed by atoms with Crippen LogP contribution in [0.1, 0.15) is 0 Å². The first-order chi connectivity index (χ1) is 7.08. The number of nitrogens with one attached hydrogen (secondary N) is 1. The summed E-state index contributed by atoms with van der Waals surface area (Å²) in [6, 6.07) is 0. The van der Waals surface area contributed by atoms with E-state index in [4.69, 9.17) is 4.89 Å². The molecule has 0 bridgehead atoms. The van der Waals surface area contributed by atoms with Crippen LogP contribution < -0.4 is 19.2 Å². The summed E-state index contributed by atoms with van der Waals surface area (Å²) < 4.78 is 22.3. The zero-order valence-corrected chi connectivity index (χ0v) is 9.51. The van der Waals surface area contributed by atoms with Gasteiger partial charge in [-0.1, -0.05) is 0 Å². The average molecular weight is 270 g/mol. The Hall–Kier alpha value is -0.530. The Morgan fingerprint density at radius 3 is 2.25 bits per heavy atom. The normalized spacial score (nSPS) is 20.1. The summed E-state index contributed by atoms with van der Waals surface area (Å²) in [5.41, 5.74) is 0. The van der Waals surface area contributed by atoms with Crippen LogP contribution in [0.5, 0.6) is 0 Å². The first-order valence-electron chi connectivity index (χ1n) is 3.88. The lowest BCUT2D eigenvalue weighted by Crippen LogP contribution is -2.52. The average Bonchev–Trinajstić information content (AvgIpc) is 2.52. The van der Waals surface area contributed by atoms with Gasteiger partial charge in [0, 0.05) is 0 Å². The minimum atomic E-state index is -5.96. The van der Waals surface area contributed by atoms with Crippen LogP contribution in [0, 0.1) is 0 Å². The molecule has 0 saturated heterocycles. The number of hydrogen-bond donors (Lipinski definition) is 3. The molecule has 0 radical (unpaired) electrons. The summed E-state index contributed by atoms with van der Waals surface area (Å²) in [6.45, 7) is -1.11. The van der Waals surface area contributed by atoms with Crippen LogP contribution in [0.3, 0.4) is 0 Å². The number of aromatic nitrogens is 2. The van der Waals surface area contributed by atoms with Gasteiger partial charge in [-0.3, -0.25) is 4.98 Å². The highest BCUT2D eigenvalue weighted by atomic mass is 31.2. The highest BCUT2D eigenvalue weighted by Gasteiger charge is 2.43. The molecule has 9 nitrogen and oxygen atoms in total. The SMILES string of the molecule is O=P([O-])([O-])[C@@](O)(C[n+]1cc[nH]c1)P(=O)([O-])O. The fourth-order valence-corrected chi connectivity index (χ4v) is 2.91. The van der Waals surface area contributed by atoms with Crippen molar-refractivity contribution in [3.05, 3.63) is 18.7 Å². The molecule has 0 spiro atoms. The van der Waals surface area contributed by atoms with Crippen LogP contribution >= 0.6 is 15.2 Å². The molecule has 0 saturated carbocycles.